The van der Waals surface area contributed by atoms with Gasteiger partial charge in [0.05, 0.1) is 36.9 Å². The third-order valence-corrected chi connectivity index (χ3v) is 5.48. The van der Waals surface area contributed by atoms with E-state index in [1.807, 2.05) is 53.9 Å². The number of hydrogen-bond donors (Lipinski definition) is 1. The fourth-order valence-corrected chi connectivity index (χ4v) is 3.85. The van der Waals surface area contributed by atoms with E-state index in [0.29, 0.717) is 10.9 Å². The zero-order chi connectivity index (χ0) is 22.5. The number of nitro groups is 1. The van der Waals surface area contributed by atoms with Crippen LogP contribution in [0.15, 0.2) is 65.2 Å². The minimum Gasteiger partial charge on any atom is -0.496 e. The predicted octanol–water partition coefficient (Wildman–Crippen LogP) is 5.07. The molecule has 0 atom stereocenters. The van der Waals surface area contributed by atoms with E-state index in [1.165, 1.54) is 22.2 Å². The van der Waals surface area contributed by atoms with Crippen LogP contribution in [0.3, 0.4) is 0 Å². The van der Waals surface area contributed by atoms with Gasteiger partial charge >= 0.3 is 5.82 Å². The predicted molar refractivity (Wildman–Crippen MR) is 125 cm³/mol. The van der Waals surface area contributed by atoms with Gasteiger partial charge in [-0.05, 0) is 16.6 Å². The Bertz CT molecular complexity index is 1270. The first-order valence-electron chi connectivity index (χ1n) is 9.38. The first-order valence-corrected chi connectivity index (χ1v) is 10.6. The van der Waals surface area contributed by atoms with Crippen molar-refractivity contribution in [2.24, 2.45) is 5.10 Å². The summed E-state index contributed by atoms with van der Waals surface area (Å²) in [5.41, 5.74) is 6.47. The van der Waals surface area contributed by atoms with E-state index in [9.17, 15) is 10.1 Å². The van der Waals surface area contributed by atoms with Crippen LogP contribution >= 0.6 is 22.9 Å². The molecule has 0 fully saturated rings. The standard InChI is InChI=1S/C21H17ClN6O3S/c1-31-19-9-14(7-8-16(19)11-27-12-17(22)20(26-27)28(29)30)10-23-25-21-24-18(13-32-21)15-5-3-2-4-6-15/h2-10,12-13H,11H2,1H3,(H,24,25). The third kappa shape index (κ3) is 4.93. The molecule has 0 saturated carbocycles. The number of anilines is 1. The molecule has 162 valence electrons. The number of rotatable bonds is 8. The molecule has 0 spiro atoms. The quantitative estimate of drug-likeness (QED) is 0.220. The number of nitrogens with one attached hydrogen (secondary N) is 1. The zero-order valence-electron chi connectivity index (χ0n) is 16.8. The van der Waals surface area contributed by atoms with Crippen molar-refractivity contribution >= 4 is 40.1 Å². The molecular weight excluding hydrogens is 452 g/mol. The van der Waals surface area contributed by atoms with Crippen molar-refractivity contribution in [2.75, 3.05) is 12.5 Å². The van der Waals surface area contributed by atoms with E-state index in [2.05, 4.69) is 20.6 Å². The summed E-state index contributed by atoms with van der Waals surface area (Å²) in [4.78, 5) is 14.8. The van der Waals surface area contributed by atoms with E-state index in [-0.39, 0.29) is 17.4 Å². The lowest BCUT2D eigenvalue weighted by Crippen LogP contribution is -2.04. The molecule has 1 N–H and O–H groups in total. The largest absolute Gasteiger partial charge is 0.496 e. The molecule has 11 heteroatoms. The second-order valence-corrected chi connectivity index (χ2v) is 7.87. The molecule has 0 unspecified atom stereocenters. The zero-order valence-corrected chi connectivity index (χ0v) is 18.4. The van der Waals surface area contributed by atoms with Crippen LogP contribution in [-0.4, -0.2) is 33.0 Å². The number of hydrazone groups is 1. The number of ether oxygens (including phenoxy) is 1. The Morgan fingerprint density at radius 3 is 2.84 bits per heavy atom. The molecule has 4 rings (SSSR count). The Morgan fingerprint density at radius 1 is 1.31 bits per heavy atom. The highest BCUT2D eigenvalue weighted by Crippen LogP contribution is 2.26. The molecule has 2 aromatic carbocycles. The van der Waals surface area contributed by atoms with Gasteiger partial charge in [-0.1, -0.05) is 54.1 Å². The number of thiazole rings is 1. The molecule has 0 radical (unpaired) electrons. The molecule has 9 nitrogen and oxygen atoms in total. The summed E-state index contributed by atoms with van der Waals surface area (Å²) >= 11 is 7.33. The van der Waals surface area contributed by atoms with Gasteiger partial charge in [0.25, 0.3) is 0 Å². The molecule has 4 aromatic rings. The summed E-state index contributed by atoms with van der Waals surface area (Å²) in [6.45, 7) is 0.272. The van der Waals surface area contributed by atoms with Gasteiger partial charge in [-0.3, -0.25) is 5.43 Å². The van der Waals surface area contributed by atoms with Gasteiger partial charge in [0.15, 0.2) is 5.02 Å². The van der Waals surface area contributed by atoms with Crippen molar-refractivity contribution in [1.82, 2.24) is 14.8 Å². The van der Waals surface area contributed by atoms with Crippen LogP contribution in [0.25, 0.3) is 11.3 Å². The van der Waals surface area contributed by atoms with Crippen molar-refractivity contribution in [3.8, 4) is 17.0 Å². The van der Waals surface area contributed by atoms with Crippen LogP contribution < -0.4 is 10.2 Å². The van der Waals surface area contributed by atoms with Gasteiger partial charge in [0.1, 0.15) is 5.75 Å². The van der Waals surface area contributed by atoms with Crippen LogP contribution in [0, 0.1) is 10.1 Å². The molecular formula is C21H17ClN6O3S. The lowest BCUT2D eigenvalue weighted by molar-refractivity contribution is -0.389. The average Bonchev–Trinajstić information content (AvgIpc) is 3.42. The smallest absolute Gasteiger partial charge is 0.408 e. The minimum atomic E-state index is -0.617. The highest BCUT2D eigenvalue weighted by Gasteiger charge is 2.19. The number of nitrogens with zero attached hydrogens (tertiary/aromatic N) is 5. The maximum atomic E-state index is 10.9. The fourth-order valence-electron chi connectivity index (χ4n) is 2.97. The van der Waals surface area contributed by atoms with Crippen molar-refractivity contribution in [3.05, 3.63) is 86.4 Å². The SMILES string of the molecule is COc1cc(C=NNc2nc(-c3ccccc3)cs2)ccc1Cn1cc(Cl)c([N+](=O)[O-])n1. The second kappa shape index (κ2) is 9.58. The lowest BCUT2D eigenvalue weighted by atomic mass is 10.1. The summed E-state index contributed by atoms with van der Waals surface area (Å²) in [5.74, 6) is 0.224. The summed E-state index contributed by atoms with van der Waals surface area (Å²) in [7, 11) is 1.55. The number of hydrogen-bond acceptors (Lipinski definition) is 8. The van der Waals surface area contributed by atoms with Gasteiger partial charge in [0.2, 0.25) is 5.13 Å². The molecule has 0 aliphatic rings. The molecule has 0 bridgehead atoms. The summed E-state index contributed by atoms with van der Waals surface area (Å²) in [6.07, 6.45) is 3.07. The van der Waals surface area contributed by atoms with Gasteiger partial charge in [-0.25, -0.2) is 4.98 Å². The van der Waals surface area contributed by atoms with Crippen molar-refractivity contribution in [3.63, 3.8) is 0 Å². The molecule has 2 heterocycles. The second-order valence-electron chi connectivity index (χ2n) is 6.60. The van der Waals surface area contributed by atoms with Crippen molar-refractivity contribution in [1.29, 1.82) is 0 Å². The third-order valence-electron chi connectivity index (χ3n) is 4.46. The molecule has 0 aliphatic heterocycles. The maximum absolute atomic E-state index is 10.9. The Balaban J connectivity index is 1.44. The van der Waals surface area contributed by atoms with Gasteiger partial charge < -0.3 is 14.9 Å². The first kappa shape index (κ1) is 21.5. The van der Waals surface area contributed by atoms with Crippen LogP contribution in [0.1, 0.15) is 11.1 Å². The number of methoxy groups -OCH3 is 1. The molecule has 2 aromatic heterocycles. The monoisotopic (exact) mass is 468 g/mol. The molecule has 0 amide bonds. The van der Waals surface area contributed by atoms with Crippen LogP contribution in [-0.2, 0) is 6.54 Å². The highest BCUT2D eigenvalue weighted by atomic mass is 35.5. The van der Waals surface area contributed by atoms with E-state index >= 15 is 0 Å². The van der Waals surface area contributed by atoms with E-state index in [1.54, 1.807) is 13.3 Å². The Hall–Kier alpha value is -3.76. The maximum Gasteiger partial charge on any atom is 0.408 e. The molecule has 0 aliphatic carbocycles. The Kier molecular flexibility index (Phi) is 6.43. The Labute approximate surface area is 192 Å². The first-order chi connectivity index (χ1) is 15.5. The van der Waals surface area contributed by atoms with Gasteiger partial charge in [0, 0.05) is 16.5 Å². The summed E-state index contributed by atoms with van der Waals surface area (Å²) < 4.78 is 6.86. The van der Waals surface area contributed by atoms with Crippen LogP contribution in [0.4, 0.5) is 10.9 Å². The van der Waals surface area contributed by atoms with Crippen LogP contribution in [0.5, 0.6) is 5.75 Å². The topological polar surface area (TPSA) is 107 Å². The van der Waals surface area contributed by atoms with Crippen LogP contribution in [0.2, 0.25) is 5.02 Å². The van der Waals surface area contributed by atoms with E-state index < -0.39 is 4.92 Å². The molecule has 32 heavy (non-hydrogen) atoms. The number of benzene rings is 2. The van der Waals surface area contributed by atoms with Crippen molar-refractivity contribution in [2.45, 2.75) is 6.54 Å². The lowest BCUT2D eigenvalue weighted by Gasteiger charge is -2.08. The van der Waals surface area contributed by atoms with Gasteiger partial charge in [-0.2, -0.15) is 9.78 Å². The van der Waals surface area contributed by atoms with Gasteiger partial charge in [-0.15, -0.1) is 11.3 Å². The van der Waals surface area contributed by atoms with E-state index in [4.69, 9.17) is 16.3 Å². The Morgan fingerprint density at radius 2 is 2.12 bits per heavy atom. The number of halogens is 1. The fraction of sp³-hybridized carbons (Fsp3) is 0.0952. The summed E-state index contributed by atoms with van der Waals surface area (Å²) in [6, 6.07) is 15.4. The minimum absolute atomic E-state index is 0.0126. The van der Waals surface area contributed by atoms with Crippen molar-refractivity contribution < 1.29 is 9.66 Å². The average molecular weight is 469 g/mol. The normalized spacial score (nSPS) is 11.1. The summed E-state index contributed by atoms with van der Waals surface area (Å²) in [5, 5.41) is 21.7. The highest BCUT2D eigenvalue weighted by molar-refractivity contribution is 7.14. The molecule has 0 saturated heterocycles. The van der Waals surface area contributed by atoms with E-state index in [0.717, 1.165) is 22.4 Å². The number of aromatic nitrogens is 3.